The van der Waals surface area contributed by atoms with Crippen LogP contribution < -0.4 is 14.8 Å². The average molecular weight is 691 g/mol. The molecular formula is C48H27BN2O3. The van der Waals surface area contributed by atoms with Gasteiger partial charge >= 0.3 is 7.12 Å². The second-order valence-corrected chi connectivity index (χ2v) is 14.3. The van der Waals surface area contributed by atoms with E-state index < -0.39 is 7.12 Å². The van der Waals surface area contributed by atoms with E-state index in [0.717, 1.165) is 105 Å². The number of benzene rings is 8. The van der Waals surface area contributed by atoms with Crippen LogP contribution in [0.15, 0.2) is 168 Å². The molecule has 0 radical (unpaired) electrons. The molecule has 0 bridgehead atoms. The molecule has 2 aliphatic heterocycles. The molecule has 0 atom stereocenters. The third-order valence-electron chi connectivity index (χ3n) is 11.5. The van der Waals surface area contributed by atoms with Crippen LogP contribution in [-0.4, -0.2) is 16.3 Å². The Balaban J connectivity index is 1.30. The van der Waals surface area contributed by atoms with Gasteiger partial charge in [0.25, 0.3) is 0 Å². The SMILES string of the molecule is c1ccc(-n2c3ccccc3c3c4c5ccccc5oc4c4c5ccccc5n(-c5cc6c7c(c5)-c5ccccc5OB7Oc5ccccc5-6)c4c32)cc1. The van der Waals surface area contributed by atoms with E-state index >= 15 is 0 Å². The molecule has 250 valence electrons. The smallest absolute Gasteiger partial charge is 0.521 e. The molecule has 8 aromatic carbocycles. The van der Waals surface area contributed by atoms with Crippen molar-refractivity contribution in [2.24, 2.45) is 0 Å². The minimum absolute atomic E-state index is 0.547. The molecule has 54 heavy (non-hydrogen) atoms. The highest BCUT2D eigenvalue weighted by atomic mass is 16.6. The first-order chi connectivity index (χ1) is 26.8. The van der Waals surface area contributed by atoms with E-state index in [0.29, 0.717) is 0 Å². The summed E-state index contributed by atoms with van der Waals surface area (Å²) in [5.41, 5.74) is 13.8. The minimum Gasteiger partial charge on any atom is -0.521 e. The maximum atomic E-state index is 6.99. The Morgan fingerprint density at radius 3 is 1.61 bits per heavy atom. The number of rotatable bonds is 2. The third-order valence-corrected chi connectivity index (χ3v) is 11.5. The average Bonchev–Trinajstić information content (AvgIpc) is 3.89. The molecule has 2 aliphatic rings. The van der Waals surface area contributed by atoms with Gasteiger partial charge in [-0.15, -0.1) is 0 Å². The lowest BCUT2D eigenvalue weighted by Gasteiger charge is -2.32. The van der Waals surface area contributed by atoms with Crippen molar-refractivity contribution in [3.05, 3.63) is 164 Å². The van der Waals surface area contributed by atoms with Crippen LogP contribution >= 0.6 is 0 Å². The lowest BCUT2D eigenvalue weighted by atomic mass is 9.66. The van der Waals surface area contributed by atoms with E-state index in [2.05, 4.69) is 149 Å². The molecule has 0 saturated heterocycles. The number of aromatic nitrogens is 2. The lowest BCUT2D eigenvalue weighted by Crippen LogP contribution is -2.49. The van der Waals surface area contributed by atoms with Crippen LogP contribution in [0.5, 0.6) is 11.5 Å². The Hall–Kier alpha value is -7.18. The summed E-state index contributed by atoms with van der Waals surface area (Å²) in [6, 6.07) is 58.0. The van der Waals surface area contributed by atoms with Gasteiger partial charge in [-0.3, -0.25) is 0 Å². The summed E-state index contributed by atoms with van der Waals surface area (Å²) in [6.07, 6.45) is 0. The Bertz CT molecular complexity index is 3340. The van der Waals surface area contributed by atoms with Crippen molar-refractivity contribution in [1.82, 2.24) is 9.13 Å². The number of para-hydroxylation sites is 6. The molecule has 0 fully saturated rings. The Morgan fingerprint density at radius 2 is 0.926 bits per heavy atom. The summed E-state index contributed by atoms with van der Waals surface area (Å²) in [5, 5.41) is 6.86. The molecule has 0 N–H and O–H groups in total. The van der Waals surface area contributed by atoms with E-state index in [-0.39, 0.29) is 0 Å². The van der Waals surface area contributed by atoms with Crippen molar-refractivity contribution < 1.29 is 13.7 Å². The molecule has 0 spiro atoms. The summed E-state index contributed by atoms with van der Waals surface area (Å²) in [5.74, 6) is 1.63. The minimum atomic E-state index is -0.547. The summed E-state index contributed by atoms with van der Waals surface area (Å²) in [6.45, 7) is 0. The van der Waals surface area contributed by atoms with Gasteiger partial charge in [0.2, 0.25) is 0 Å². The fraction of sp³-hybridized carbons (Fsp3) is 0. The van der Waals surface area contributed by atoms with Gasteiger partial charge in [0.05, 0.1) is 27.5 Å². The third kappa shape index (κ3) is 3.55. The van der Waals surface area contributed by atoms with Gasteiger partial charge < -0.3 is 22.9 Å². The fourth-order valence-corrected chi connectivity index (χ4v) is 9.42. The highest BCUT2D eigenvalue weighted by molar-refractivity contribution is 6.68. The highest BCUT2D eigenvalue weighted by Crippen LogP contribution is 2.50. The summed E-state index contributed by atoms with van der Waals surface area (Å²) < 4.78 is 25.0. The molecule has 6 heteroatoms. The van der Waals surface area contributed by atoms with E-state index in [1.54, 1.807) is 0 Å². The zero-order valence-electron chi connectivity index (χ0n) is 28.8. The molecule has 5 nitrogen and oxygen atoms in total. The van der Waals surface area contributed by atoms with Crippen molar-refractivity contribution in [1.29, 1.82) is 0 Å². The normalized spacial score (nSPS) is 13.1. The first kappa shape index (κ1) is 28.4. The van der Waals surface area contributed by atoms with Crippen molar-refractivity contribution in [2.45, 2.75) is 0 Å². The van der Waals surface area contributed by atoms with Crippen LogP contribution in [0.4, 0.5) is 0 Å². The summed E-state index contributed by atoms with van der Waals surface area (Å²) in [4.78, 5) is 0. The number of nitrogens with zero attached hydrogens (tertiary/aromatic N) is 2. The van der Waals surface area contributed by atoms with E-state index in [1.165, 1.54) is 10.8 Å². The van der Waals surface area contributed by atoms with E-state index in [4.69, 9.17) is 13.7 Å². The number of hydrogen-bond acceptors (Lipinski definition) is 3. The topological polar surface area (TPSA) is 41.5 Å². The maximum Gasteiger partial charge on any atom is 0.633 e. The molecular weight excluding hydrogens is 663 g/mol. The summed E-state index contributed by atoms with van der Waals surface area (Å²) in [7, 11) is -0.547. The Labute approximate surface area is 308 Å². The first-order valence-corrected chi connectivity index (χ1v) is 18.4. The first-order valence-electron chi connectivity index (χ1n) is 18.4. The number of hydrogen-bond donors (Lipinski definition) is 0. The van der Waals surface area contributed by atoms with Crippen molar-refractivity contribution in [3.63, 3.8) is 0 Å². The fourth-order valence-electron chi connectivity index (χ4n) is 9.42. The molecule has 5 heterocycles. The van der Waals surface area contributed by atoms with Crippen LogP contribution in [0.3, 0.4) is 0 Å². The van der Waals surface area contributed by atoms with Gasteiger partial charge in [0.1, 0.15) is 22.7 Å². The van der Waals surface area contributed by atoms with Crippen LogP contribution in [0.2, 0.25) is 0 Å². The Kier molecular flexibility index (Phi) is 5.39. The van der Waals surface area contributed by atoms with Crippen molar-refractivity contribution in [3.8, 4) is 45.1 Å². The van der Waals surface area contributed by atoms with Crippen molar-refractivity contribution >= 4 is 78.1 Å². The molecule has 0 amide bonds. The van der Waals surface area contributed by atoms with E-state index in [9.17, 15) is 0 Å². The van der Waals surface area contributed by atoms with Gasteiger partial charge in [0, 0.05) is 54.9 Å². The summed E-state index contributed by atoms with van der Waals surface area (Å²) >= 11 is 0. The molecule has 0 unspecified atom stereocenters. The van der Waals surface area contributed by atoms with Crippen LogP contribution in [-0.2, 0) is 0 Å². The molecule has 3 aromatic heterocycles. The van der Waals surface area contributed by atoms with Crippen LogP contribution in [0.1, 0.15) is 0 Å². The van der Waals surface area contributed by atoms with Crippen molar-refractivity contribution in [2.75, 3.05) is 0 Å². The number of fused-ring (bicyclic) bond motifs is 16. The zero-order valence-corrected chi connectivity index (χ0v) is 28.8. The quantitative estimate of drug-likeness (QED) is 0.170. The van der Waals surface area contributed by atoms with Crippen LogP contribution in [0, 0.1) is 0 Å². The lowest BCUT2D eigenvalue weighted by molar-refractivity contribution is 0.436. The van der Waals surface area contributed by atoms with Gasteiger partial charge in [-0.1, -0.05) is 109 Å². The van der Waals surface area contributed by atoms with E-state index in [1.807, 2.05) is 24.3 Å². The zero-order chi connectivity index (χ0) is 35.1. The van der Waals surface area contributed by atoms with Crippen LogP contribution in [0.25, 0.3) is 99.2 Å². The highest BCUT2D eigenvalue weighted by Gasteiger charge is 2.42. The monoisotopic (exact) mass is 690 g/mol. The molecule has 13 rings (SSSR count). The predicted octanol–water partition coefficient (Wildman–Crippen LogP) is 11.6. The molecule has 0 saturated carbocycles. The maximum absolute atomic E-state index is 6.99. The van der Waals surface area contributed by atoms with Gasteiger partial charge in [-0.25, -0.2) is 0 Å². The van der Waals surface area contributed by atoms with Gasteiger partial charge in [-0.05, 0) is 65.7 Å². The second-order valence-electron chi connectivity index (χ2n) is 14.3. The Morgan fingerprint density at radius 1 is 0.407 bits per heavy atom. The standard InChI is InChI=1S/C48H27BN2O3/c1-2-14-28(15-3-1)50-37-21-9-4-18-32(37)42-43-34-20-8-11-23-39(34)52-48(43)44-33-19-5-10-22-38(33)51(47(44)46(42)50)29-26-35-30-16-6-12-24-40(30)53-49-45(35)36(27-29)31-17-7-13-25-41(31)54-49/h1-27H. The largest absolute Gasteiger partial charge is 0.633 e. The second kappa shape index (κ2) is 10.2. The molecule has 0 aliphatic carbocycles. The predicted molar refractivity (Wildman–Crippen MR) is 220 cm³/mol. The van der Waals surface area contributed by atoms with Gasteiger partial charge in [-0.2, -0.15) is 0 Å². The molecule has 11 aromatic rings. The van der Waals surface area contributed by atoms with Gasteiger partial charge in [0.15, 0.2) is 0 Å². The number of furan rings is 1.